The average molecular weight is 1980 g/mol. The first-order valence-corrected chi connectivity index (χ1v) is 49.9. The molecule has 18 N–H and O–H groups in total. The van der Waals surface area contributed by atoms with E-state index in [0.717, 1.165) is 52.9 Å². The number of nitrogens with two attached hydrogens (primary N) is 4. The first kappa shape index (κ1) is 149. The van der Waals surface area contributed by atoms with Gasteiger partial charge < -0.3 is 58.6 Å². The second-order valence-corrected chi connectivity index (χ2v) is 39.4. The summed E-state index contributed by atoms with van der Waals surface area (Å²) in [6.07, 6.45) is 12.2. The SMILES string of the molecule is CC(C)/C=C(\O)C(C)C.CC(C)C(N)=O.CC(C)C(N)=O.CC(C)C1=NN=NC1.CC(C)CC(=O)C(C)C.CC(C)N=C(N)C(C)C.CC(C)N=C(N)C(C)C.CC(C)NC(=O)C(C)C.CC(C)NC(=O)C(C)C.CC(C)c1cnc(C(C)C)[nH]1.CC(C)c1cnc(C(C)C)[nH]1.CC(C)c1nn[nH]n1.CC(C)c1nn[nH]n1.CC(C)c1nn[nH]n1.CCC.CCC.O=c1cccc[nH]1.O=c1cccc[nH]1. The Kier molecular flexibility index (Phi) is 98.9. The Morgan fingerprint density at radius 1 is 0.407 bits per heavy atom. The largest absolute Gasteiger partial charge is 0.512 e. The third-order valence-electron chi connectivity index (χ3n) is 16.1. The molecular formula is C103H203N29O8. The van der Waals surface area contributed by atoms with Crippen LogP contribution in [0.15, 0.2) is 108 Å². The van der Waals surface area contributed by atoms with Gasteiger partial charge in [0.1, 0.15) is 24.0 Å². The van der Waals surface area contributed by atoms with Crippen molar-refractivity contribution in [3.05, 3.63) is 134 Å². The molecule has 0 aromatic carbocycles. The smallest absolute Gasteiger partial charge is 0.247 e. The van der Waals surface area contributed by atoms with Crippen LogP contribution in [0.25, 0.3) is 0 Å². The van der Waals surface area contributed by atoms with E-state index in [1.54, 1.807) is 64.4 Å². The number of tetrazole rings is 3. The van der Waals surface area contributed by atoms with Crippen LogP contribution >= 0.6 is 0 Å². The first-order chi connectivity index (χ1) is 64.6. The van der Waals surface area contributed by atoms with Gasteiger partial charge in [0, 0.05) is 156 Å². The number of nitrogens with one attached hydrogen (secondary N) is 9. The van der Waals surface area contributed by atoms with E-state index in [9.17, 15) is 33.6 Å². The van der Waals surface area contributed by atoms with E-state index in [1.807, 2.05) is 198 Å². The fraction of sp³-hybridized carbons (Fsp3) is 0.718. The maximum atomic E-state index is 11.0. The van der Waals surface area contributed by atoms with Crippen LogP contribution in [-0.4, -0.2) is 174 Å². The van der Waals surface area contributed by atoms with Gasteiger partial charge >= 0.3 is 0 Å². The van der Waals surface area contributed by atoms with Crippen molar-refractivity contribution in [3.63, 3.8) is 0 Å². The van der Waals surface area contributed by atoms with E-state index in [1.165, 1.54) is 36.4 Å². The number of aliphatic imine (C=N–C) groups is 2. The molecule has 0 aliphatic carbocycles. The summed E-state index contributed by atoms with van der Waals surface area (Å²) in [5.41, 5.74) is 24.2. The van der Waals surface area contributed by atoms with Crippen molar-refractivity contribution < 1.29 is 29.1 Å². The number of carbonyl (C=O) groups is 5. The van der Waals surface area contributed by atoms with Crippen molar-refractivity contribution in [2.24, 2.45) is 113 Å². The molecule has 0 radical (unpaired) electrons. The Morgan fingerprint density at radius 2 is 0.707 bits per heavy atom. The Balaban J connectivity index is -0.000000161. The number of primary amides is 2. The van der Waals surface area contributed by atoms with Crippen LogP contribution in [0, 0.1) is 65.1 Å². The minimum atomic E-state index is -0.241. The molecule has 0 saturated heterocycles. The maximum absolute atomic E-state index is 11.0. The number of amides is 4. The second-order valence-electron chi connectivity index (χ2n) is 39.4. The number of nitrogens with zero attached hydrogens (tertiary/aromatic N) is 16. The van der Waals surface area contributed by atoms with Crippen LogP contribution < -0.4 is 44.7 Å². The molecule has 1 aliphatic heterocycles. The number of allylic oxidation sites excluding steroid dienone is 2. The molecule has 0 fully saturated rings. The number of hydrogen-bond acceptors (Lipinski definition) is 24. The molecule has 8 rings (SSSR count). The number of aliphatic hydroxyl groups is 1. The summed E-state index contributed by atoms with van der Waals surface area (Å²) < 4.78 is 0. The third kappa shape index (κ3) is 104. The highest BCUT2D eigenvalue weighted by atomic mass is 16.3. The predicted molar refractivity (Wildman–Crippen MR) is 584 cm³/mol. The topological polar surface area (TPSA) is 582 Å². The molecule has 0 spiro atoms. The Bertz CT molecular complexity index is 3870. The molecule has 8 heterocycles. The zero-order chi connectivity index (χ0) is 111. The van der Waals surface area contributed by atoms with E-state index >= 15 is 0 Å². The minimum absolute atomic E-state index is 0.00926. The van der Waals surface area contributed by atoms with E-state index < -0.39 is 0 Å². The van der Waals surface area contributed by atoms with Crippen molar-refractivity contribution >= 4 is 46.8 Å². The van der Waals surface area contributed by atoms with Crippen molar-refractivity contribution in [1.29, 1.82) is 0 Å². The quantitative estimate of drug-likeness (QED) is 0.0161. The lowest BCUT2D eigenvalue weighted by molar-refractivity contribution is -0.125. The normalized spacial score (nSPS) is 11.1. The standard InChI is InChI=1S/2C9H16N2.2C8H16O.2C7H16N2.2C7H15NO.C5H9N3.2C5H5NO.3C4H8N4.2C4H9NO.2C3H8/c2*1-6(2)8-5-10-9(11-8)7(3)4;2*1-6(2)5-8(9)7(3)4;2*1-5(2)7(8)9-6(3)4;2*1-5(2)7(9)8-6(3)4;1-4(2)5-3-6-8-7-5;2*7-5-3-1-2-4-6-5;3*1-3(2)4-5-7-8-6-4;2*1-3(2)4(5)6;2*1-3-2/h2*5-7H,1-4H3,(H,10,11);6-7H,5H2,1-4H3;5-7,9H,1-4H3;2*5-6H,1-4H3,(H2,8,9);2*5-6H,1-4H3,(H,8,9);4H,3H2,1-2H3;2*1-4H,(H,6,7);3*3H,1-2H3,(H,5,6,7,8);2*3H,1-2H3,(H2,5,6);2*3H2,1-2H3/b;;;8-5-;;;;;;;;;;;;;;. The number of aliphatic hydroxyl groups excluding tert-OH is 1. The van der Waals surface area contributed by atoms with Crippen molar-refractivity contribution in [1.82, 2.24) is 102 Å². The van der Waals surface area contributed by atoms with Crippen LogP contribution in [0.5, 0.6) is 0 Å². The number of imidazole rings is 2. The number of pyridine rings is 2. The van der Waals surface area contributed by atoms with Crippen molar-refractivity contribution in [3.8, 4) is 0 Å². The van der Waals surface area contributed by atoms with Gasteiger partial charge in [-0.25, -0.2) is 9.97 Å². The fourth-order valence-electron chi connectivity index (χ4n) is 7.36. The summed E-state index contributed by atoms with van der Waals surface area (Å²) in [5.74, 6) is 12.8. The lowest BCUT2D eigenvalue weighted by Gasteiger charge is -2.09. The van der Waals surface area contributed by atoms with E-state index in [0.29, 0.717) is 101 Å². The summed E-state index contributed by atoms with van der Waals surface area (Å²) >= 11 is 0. The minimum Gasteiger partial charge on any atom is -0.512 e. The summed E-state index contributed by atoms with van der Waals surface area (Å²) in [4.78, 5) is 101. The third-order valence-corrected chi connectivity index (χ3v) is 16.1. The Morgan fingerprint density at radius 3 is 0.800 bits per heavy atom. The molecule has 0 bridgehead atoms. The molecule has 0 saturated carbocycles. The van der Waals surface area contributed by atoms with Gasteiger partial charge in [0.25, 0.3) is 0 Å². The summed E-state index contributed by atoms with van der Waals surface area (Å²) in [6.45, 7) is 97.5. The molecule has 7 aromatic heterocycles. The van der Waals surface area contributed by atoms with Gasteiger partial charge in [-0.3, -0.25) is 43.5 Å². The summed E-state index contributed by atoms with van der Waals surface area (Å²) in [7, 11) is 0. The maximum Gasteiger partial charge on any atom is 0.247 e. The second kappa shape index (κ2) is 92.8. The fourth-order valence-corrected chi connectivity index (χ4v) is 7.36. The number of aromatic nitrogens is 18. The van der Waals surface area contributed by atoms with Gasteiger partial charge in [0.15, 0.2) is 17.5 Å². The van der Waals surface area contributed by atoms with E-state index in [4.69, 9.17) is 28.0 Å². The summed E-state index contributed by atoms with van der Waals surface area (Å²) in [6, 6.07) is 11.0. The van der Waals surface area contributed by atoms with Gasteiger partial charge in [-0.05, 0) is 108 Å². The van der Waals surface area contributed by atoms with Crippen molar-refractivity contribution in [2.45, 2.75) is 417 Å². The highest BCUT2D eigenvalue weighted by Crippen LogP contribution is 2.18. The number of ketones is 1. The van der Waals surface area contributed by atoms with Gasteiger partial charge in [0.2, 0.25) is 34.7 Å². The predicted octanol–water partition coefficient (Wildman–Crippen LogP) is 21.7. The van der Waals surface area contributed by atoms with Crippen molar-refractivity contribution in [2.75, 3.05) is 6.54 Å². The lowest BCUT2D eigenvalue weighted by atomic mass is 9.99. The number of aromatic amines is 7. The van der Waals surface area contributed by atoms with Gasteiger partial charge in [-0.15, -0.1) is 35.7 Å². The number of rotatable bonds is 23. The first-order valence-electron chi connectivity index (χ1n) is 49.9. The van der Waals surface area contributed by atoms with E-state index in [-0.39, 0.29) is 82.3 Å². The molecule has 37 heteroatoms. The van der Waals surface area contributed by atoms with Gasteiger partial charge in [0.05, 0.1) is 23.1 Å². The summed E-state index contributed by atoms with van der Waals surface area (Å²) in [5, 5.41) is 65.8. The number of H-pyrrole nitrogens is 7. The van der Waals surface area contributed by atoms with Crippen LogP contribution in [-0.2, 0) is 24.0 Å². The number of Topliss-reactive ketones (excluding diaryl/α,β-unsaturated/α-hetero) is 1. The number of hydrogen-bond donors (Lipinski definition) is 14. The zero-order valence-corrected chi connectivity index (χ0v) is 96.2. The molecule has 7 aromatic rings. The molecule has 0 unspecified atom stereocenters. The van der Waals surface area contributed by atoms with Gasteiger partial charge in [-0.1, -0.05) is 318 Å². The zero-order valence-electron chi connectivity index (χ0n) is 96.2. The molecular weight excluding hydrogens is 1770 g/mol. The Hall–Kier alpha value is -11.2. The highest BCUT2D eigenvalue weighted by Gasteiger charge is 2.13. The molecule has 140 heavy (non-hydrogen) atoms. The molecule has 4 amide bonds. The number of carbonyl (C=O) groups excluding carboxylic acids is 5. The molecule has 0 atom stereocenters. The van der Waals surface area contributed by atoms with Crippen LogP contribution in [0.1, 0.15) is 434 Å². The Labute approximate surface area is 845 Å². The van der Waals surface area contributed by atoms with Crippen LogP contribution in [0.4, 0.5) is 0 Å². The van der Waals surface area contributed by atoms with Crippen LogP contribution in [0.2, 0.25) is 0 Å². The van der Waals surface area contributed by atoms with E-state index in [2.05, 4.69) is 252 Å². The van der Waals surface area contributed by atoms with Crippen LogP contribution in [0.3, 0.4) is 0 Å². The lowest BCUT2D eigenvalue weighted by Crippen LogP contribution is -2.33. The molecule has 1 aliphatic rings. The average Bonchev–Trinajstić information content (AvgIpc) is 1.75. The molecule has 37 nitrogen and oxygen atoms in total. The monoisotopic (exact) mass is 1970 g/mol. The highest BCUT2D eigenvalue weighted by molar-refractivity contribution is 5.88. The number of amidine groups is 2. The van der Waals surface area contributed by atoms with Gasteiger partial charge in [-0.2, -0.15) is 20.8 Å². The molecule has 808 valence electrons.